The largest absolute Gasteiger partial charge is 0.357 e. The van der Waals surface area contributed by atoms with Crippen LogP contribution >= 0.6 is 11.3 Å². The molecule has 1 heterocycles. The zero-order valence-corrected chi connectivity index (χ0v) is 12.9. The molecule has 4 heteroatoms. The molecule has 2 rings (SSSR count). The van der Waals surface area contributed by atoms with Crippen molar-refractivity contribution >= 4 is 17.3 Å². The van der Waals surface area contributed by atoms with E-state index in [0.717, 1.165) is 25.6 Å². The first-order chi connectivity index (χ1) is 9.28. The van der Waals surface area contributed by atoms with Crippen LogP contribution in [-0.2, 0) is 6.54 Å². The van der Waals surface area contributed by atoms with Crippen LogP contribution in [0.25, 0.3) is 0 Å². The fourth-order valence-electron chi connectivity index (χ4n) is 2.50. The lowest BCUT2D eigenvalue weighted by atomic mass is 9.67. The van der Waals surface area contributed by atoms with Crippen LogP contribution in [-0.4, -0.2) is 19.0 Å². The highest BCUT2D eigenvalue weighted by atomic mass is 32.1. The maximum atomic E-state index is 4.66. The Morgan fingerprint density at radius 3 is 2.74 bits per heavy atom. The number of rotatable bonds is 6. The summed E-state index contributed by atoms with van der Waals surface area (Å²) in [5, 5.41) is 8.96. The lowest BCUT2D eigenvalue weighted by molar-refractivity contribution is 0.131. The van der Waals surface area contributed by atoms with Crippen molar-refractivity contribution in [1.82, 2.24) is 10.6 Å². The highest BCUT2D eigenvalue weighted by molar-refractivity contribution is 7.09. The van der Waals surface area contributed by atoms with Crippen molar-refractivity contribution in [3.8, 4) is 0 Å². The Kier molecular flexibility index (Phi) is 5.25. The molecule has 0 aromatic carbocycles. The first kappa shape index (κ1) is 14.4. The van der Waals surface area contributed by atoms with Crippen molar-refractivity contribution < 1.29 is 0 Å². The van der Waals surface area contributed by atoms with Gasteiger partial charge in [0.2, 0.25) is 0 Å². The van der Waals surface area contributed by atoms with Gasteiger partial charge < -0.3 is 10.6 Å². The van der Waals surface area contributed by atoms with Gasteiger partial charge in [-0.25, -0.2) is 4.99 Å². The summed E-state index contributed by atoms with van der Waals surface area (Å²) in [5.74, 6) is 0.954. The Morgan fingerprint density at radius 2 is 2.21 bits per heavy atom. The molecule has 19 heavy (non-hydrogen) atoms. The van der Waals surface area contributed by atoms with Gasteiger partial charge in [0.15, 0.2) is 5.96 Å². The van der Waals surface area contributed by atoms with E-state index in [-0.39, 0.29) is 0 Å². The summed E-state index contributed by atoms with van der Waals surface area (Å²) in [7, 11) is 0. The second-order valence-corrected chi connectivity index (χ2v) is 6.37. The molecule has 0 bridgehead atoms. The van der Waals surface area contributed by atoms with Crippen molar-refractivity contribution in [2.75, 3.05) is 13.1 Å². The number of nitrogens with one attached hydrogen (secondary N) is 2. The molecule has 106 valence electrons. The van der Waals surface area contributed by atoms with E-state index in [9.17, 15) is 0 Å². The number of aliphatic imine (C=N–C) groups is 1. The van der Waals surface area contributed by atoms with Crippen LogP contribution in [0.5, 0.6) is 0 Å². The van der Waals surface area contributed by atoms with E-state index in [1.165, 1.54) is 30.6 Å². The SMILES string of the molecule is CCNC(=NCc1cccs1)NCC1(CC)CCC1. The van der Waals surface area contributed by atoms with Crippen molar-refractivity contribution in [1.29, 1.82) is 0 Å². The van der Waals surface area contributed by atoms with Gasteiger partial charge >= 0.3 is 0 Å². The van der Waals surface area contributed by atoms with E-state index in [1.807, 2.05) is 0 Å². The Balaban J connectivity index is 1.86. The van der Waals surface area contributed by atoms with Gasteiger partial charge in [-0.1, -0.05) is 19.4 Å². The minimum absolute atomic E-state index is 0.527. The molecule has 0 radical (unpaired) electrons. The van der Waals surface area contributed by atoms with E-state index in [2.05, 4.69) is 47.0 Å². The fourth-order valence-corrected chi connectivity index (χ4v) is 3.13. The third-order valence-corrected chi connectivity index (χ3v) is 4.97. The molecular formula is C15H25N3S. The summed E-state index contributed by atoms with van der Waals surface area (Å²) in [6.45, 7) is 7.15. The van der Waals surface area contributed by atoms with Gasteiger partial charge in [0.05, 0.1) is 6.54 Å². The summed E-state index contributed by atoms with van der Waals surface area (Å²) < 4.78 is 0. The molecule has 0 amide bonds. The average Bonchev–Trinajstić information content (AvgIpc) is 2.88. The highest BCUT2D eigenvalue weighted by Gasteiger charge is 2.34. The molecule has 1 aliphatic carbocycles. The van der Waals surface area contributed by atoms with Gasteiger partial charge in [0, 0.05) is 18.0 Å². The van der Waals surface area contributed by atoms with Gasteiger partial charge in [-0.15, -0.1) is 11.3 Å². The van der Waals surface area contributed by atoms with Crippen LogP contribution in [0.4, 0.5) is 0 Å². The van der Waals surface area contributed by atoms with Crippen LogP contribution < -0.4 is 10.6 Å². The number of guanidine groups is 1. The van der Waals surface area contributed by atoms with Crippen LogP contribution in [0, 0.1) is 5.41 Å². The molecule has 1 saturated carbocycles. The zero-order chi connectivity index (χ0) is 13.6. The molecule has 0 atom stereocenters. The molecule has 1 aromatic heterocycles. The third kappa shape index (κ3) is 3.96. The maximum Gasteiger partial charge on any atom is 0.191 e. The number of thiophene rings is 1. The standard InChI is InChI=1S/C15H25N3S/c1-3-15(8-6-9-15)12-18-14(16-4-2)17-11-13-7-5-10-19-13/h5,7,10H,3-4,6,8-9,11-12H2,1-2H3,(H2,16,17,18). The molecule has 0 spiro atoms. The summed E-state index contributed by atoms with van der Waals surface area (Å²) >= 11 is 1.76. The predicted octanol–water partition coefficient (Wildman–Crippen LogP) is 3.38. The summed E-state index contributed by atoms with van der Waals surface area (Å²) in [6, 6.07) is 4.22. The normalized spacial score (nSPS) is 17.9. The van der Waals surface area contributed by atoms with Crippen molar-refractivity contribution in [3.05, 3.63) is 22.4 Å². The molecular weight excluding hydrogens is 254 g/mol. The average molecular weight is 279 g/mol. The van der Waals surface area contributed by atoms with E-state index in [0.29, 0.717) is 5.41 Å². The van der Waals surface area contributed by atoms with Crippen LogP contribution in [0.3, 0.4) is 0 Å². The van der Waals surface area contributed by atoms with Crippen molar-refractivity contribution in [2.45, 2.75) is 46.1 Å². The van der Waals surface area contributed by atoms with Gasteiger partial charge in [0.25, 0.3) is 0 Å². The first-order valence-electron chi connectivity index (χ1n) is 7.32. The lowest BCUT2D eigenvalue weighted by Gasteiger charge is -2.41. The second kappa shape index (κ2) is 6.94. The topological polar surface area (TPSA) is 36.4 Å². The monoisotopic (exact) mass is 279 g/mol. The minimum atomic E-state index is 0.527. The number of hydrogen-bond donors (Lipinski definition) is 2. The van der Waals surface area contributed by atoms with E-state index in [4.69, 9.17) is 0 Å². The molecule has 0 aliphatic heterocycles. The Bertz CT molecular complexity index is 388. The van der Waals surface area contributed by atoms with Gasteiger partial charge in [-0.2, -0.15) is 0 Å². The van der Waals surface area contributed by atoms with Gasteiger partial charge in [-0.05, 0) is 43.0 Å². The summed E-state index contributed by atoms with van der Waals surface area (Å²) in [4.78, 5) is 5.97. The second-order valence-electron chi connectivity index (χ2n) is 5.34. The van der Waals surface area contributed by atoms with Crippen LogP contribution in [0.15, 0.2) is 22.5 Å². The molecule has 1 aromatic rings. The fraction of sp³-hybridized carbons (Fsp3) is 0.667. The summed E-state index contributed by atoms with van der Waals surface area (Å²) in [5.41, 5.74) is 0.527. The van der Waals surface area contributed by atoms with Crippen molar-refractivity contribution in [2.24, 2.45) is 10.4 Å². The maximum absolute atomic E-state index is 4.66. The Morgan fingerprint density at radius 1 is 1.37 bits per heavy atom. The zero-order valence-electron chi connectivity index (χ0n) is 12.0. The molecule has 2 N–H and O–H groups in total. The van der Waals surface area contributed by atoms with Crippen LogP contribution in [0.1, 0.15) is 44.4 Å². The van der Waals surface area contributed by atoms with E-state index < -0.39 is 0 Å². The molecule has 1 aliphatic rings. The lowest BCUT2D eigenvalue weighted by Crippen LogP contribution is -2.46. The quantitative estimate of drug-likeness (QED) is 0.618. The molecule has 0 saturated heterocycles. The molecule has 3 nitrogen and oxygen atoms in total. The Labute approximate surface area is 120 Å². The van der Waals surface area contributed by atoms with Crippen LogP contribution in [0.2, 0.25) is 0 Å². The minimum Gasteiger partial charge on any atom is -0.357 e. The number of hydrogen-bond acceptors (Lipinski definition) is 2. The predicted molar refractivity (Wildman–Crippen MR) is 83.7 cm³/mol. The highest BCUT2D eigenvalue weighted by Crippen LogP contribution is 2.42. The smallest absolute Gasteiger partial charge is 0.191 e. The molecule has 1 fully saturated rings. The number of nitrogens with zero attached hydrogens (tertiary/aromatic N) is 1. The van der Waals surface area contributed by atoms with E-state index in [1.54, 1.807) is 11.3 Å². The summed E-state index contributed by atoms with van der Waals surface area (Å²) in [6.07, 6.45) is 5.38. The van der Waals surface area contributed by atoms with Gasteiger partial charge in [-0.3, -0.25) is 0 Å². The van der Waals surface area contributed by atoms with Gasteiger partial charge in [0.1, 0.15) is 0 Å². The van der Waals surface area contributed by atoms with Crippen molar-refractivity contribution in [3.63, 3.8) is 0 Å². The third-order valence-electron chi connectivity index (χ3n) is 4.11. The van der Waals surface area contributed by atoms with E-state index >= 15 is 0 Å². The first-order valence-corrected chi connectivity index (χ1v) is 8.20. The molecule has 0 unspecified atom stereocenters. The Hall–Kier alpha value is -1.03.